The van der Waals surface area contributed by atoms with Gasteiger partial charge in [-0.25, -0.2) is 4.79 Å². The quantitative estimate of drug-likeness (QED) is 0.377. The number of hydrogen-bond acceptors (Lipinski definition) is 5. The maximum Gasteiger partial charge on any atom is 0.408 e. The van der Waals surface area contributed by atoms with E-state index < -0.39 is 23.6 Å². The number of alkyl carbamates (subject to hydrolysis) is 1. The lowest BCUT2D eigenvalue weighted by molar-refractivity contribution is -0.130. The fourth-order valence-electron chi connectivity index (χ4n) is 2.40. The van der Waals surface area contributed by atoms with E-state index in [0.717, 1.165) is 18.4 Å². The summed E-state index contributed by atoms with van der Waals surface area (Å²) in [6.45, 7) is 5.81. The highest BCUT2D eigenvalue weighted by Crippen LogP contribution is 2.08. The van der Waals surface area contributed by atoms with Gasteiger partial charge in [-0.15, -0.1) is 0 Å². The van der Waals surface area contributed by atoms with Crippen molar-refractivity contribution in [2.24, 2.45) is 5.73 Å². The SMILES string of the molecule is CC(C)(C)OC(=O)NC(Cc1ccccc1)C(=O)NNC(=O)CCCCCN. The first-order valence-corrected chi connectivity index (χ1v) is 9.53. The summed E-state index contributed by atoms with van der Waals surface area (Å²) in [6, 6.07) is 8.38. The smallest absolute Gasteiger partial charge is 0.408 e. The van der Waals surface area contributed by atoms with Gasteiger partial charge in [-0.2, -0.15) is 0 Å². The average Bonchev–Trinajstić information content (AvgIpc) is 2.62. The minimum Gasteiger partial charge on any atom is -0.444 e. The molecule has 0 radical (unpaired) electrons. The third kappa shape index (κ3) is 10.5. The Morgan fingerprint density at radius 1 is 1.04 bits per heavy atom. The monoisotopic (exact) mass is 392 g/mol. The normalized spacial score (nSPS) is 12.0. The van der Waals surface area contributed by atoms with Crippen LogP contribution in [-0.4, -0.2) is 36.1 Å². The van der Waals surface area contributed by atoms with Crippen molar-refractivity contribution in [2.45, 2.75) is 64.5 Å². The van der Waals surface area contributed by atoms with Crippen molar-refractivity contribution >= 4 is 17.9 Å². The molecule has 1 unspecified atom stereocenters. The van der Waals surface area contributed by atoms with Crippen LogP contribution in [0.5, 0.6) is 0 Å². The van der Waals surface area contributed by atoms with E-state index in [9.17, 15) is 14.4 Å². The summed E-state index contributed by atoms with van der Waals surface area (Å²) < 4.78 is 5.23. The van der Waals surface area contributed by atoms with E-state index in [0.29, 0.717) is 19.4 Å². The van der Waals surface area contributed by atoms with Crippen molar-refractivity contribution in [2.75, 3.05) is 6.54 Å². The van der Waals surface area contributed by atoms with Crippen LogP contribution in [0.3, 0.4) is 0 Å². The van der Waals surface area contributed by atoms with Gasteiger partial charge in [0.25, 0.3) is 5.91 Å². The lowest BCUT2D eigenvalue weighted by atomic mass is 10.1. The zero-order valence-corrected chi connectivity index (χ0v) is 16.9. The molecule has 1 aromatic rings. The maximum absolute atomic E-state index is 12.5. The standard InChI is InChI=1S/C20H32N4O4/c1-20(2,3)28-19(27)22-16(14-15-10-6-4-7-11-15)18(26)24-23-17(25)12-8-5-9-13-21/h4,6-7,10-11,16H,5,8-9,12-14,21H2,1-3H3,(H,22,27)(H,23,25)(H,24,26). The van der Waals surface area contributed by atoms with E-state index in [4.69, 9.17) is 10.5 Å². The minimum atomic E-state index is -0.894. The van der Waals surface area contributed by atoms with Crippen LogP contribution in [0.2, 0.25) is 0 Å². The average molecular weight is 393 g/mol. The fraction of sp³-hybridized carbons (Fsp3) is 0.550. The van der Waals surface area contributed by atoms with Gasteiger partial charge in [0.1, 0.15) is 11.6 Å². The van der Waals surface area contributed by atoms with Crippen LogP contribution in [-0.2, 0) is 20.7 Å². The molecule has 1 atom stereocenters. The number of ether oxygens (including phenoxy) is 1. The third-order valence-electron chi connectivity index (χ3n) is 3.72. The number of hydrazine groups is 1. The fourth-order valence-corrected chi connectivity index (χ4v) is 2.40. The molecule has 0 aliphatic carbocycles. The van der Waals surface area contributed by atoms with Crippen molar-refractivity contribution in [3.05, 3.63) is 35.9 Å². The van der Waals surface area contributed by atoms with Gasteiger partial charge in [-0.3, -0.25) is 20.4 Å². The van der Waals surface area contributed by atoms with E-state index in [2.05, 4.69) is 16.2 Å². The molecule has 0 saturated carbocycles. The summed E-state index contributed by atoms with van der Waals surface area (Å²) >= 11 is 0. The van der Waals surface area contributed by atoms with Crippen molar-refractivity contribution in [3.63, 3.8) is 0 Å². The number of nitrogens with two attached hydrogens (primary N) is 1. The highest BCUT2D eigenvalue weighted by molar-refractivity contribution is 5.88. The largest absolute Gasteiger partial charge is 0.444 e. The number of carbonyl (C=O) groups excluding carboxylic acids is 3. The number of benzene rings is 1. The molecule has 156 valence electrons. The predicted octanol–water partition coefficient (Wildman–Crippen LogP) is 1.79. The zero-order valence-electron chi connectivity index (χ0n) is 16.9. The Bertz CT molecular complexity index is 629. The van der Waals surface area contributed by atoms with E-state index in [1.165, 1.54) is 0 Å². The number of carbonyl (C=O) groups is 3. The Balaban J connectivity index is 2.63. The molecule has 0 bridgehead atoms. The Morgan fingerprint density at radius 2 is 1.71 bits per heavy atom. The summed E-state index contributed by atoms with van der Waals surface area (Å²) in [6.07, 6.45) is 2.27. The van der Waals surface area contributed by atoms with Crippen molar-refractivity contribution in [1.29, 1.82) is 0 Å². The molecule has 28 heavy (non-hydrogen) atoms. The van der Waals surface area contributed by atoms with E-state index in [-0.39, 0.29) is 12.3 Å². The highest BCUT2D eigenvalue weighted by Gasteiger charge is 2.25. The lowest BCUT2D eigenvalue weighted by Crippen LogP contribution is -2.53. The maximum atomic E-state index is 12.5. The van der Waals surface area contributed by atoms with Crippen molar-refractivity contribution in [3.8, 4) is 0 Å². The Labute approximate surface area is 166 Å². The summed E-state index contributed by atoms with van der Waals surface area (Å²) in [4.78, 5) is 36.4. The Kier molecular flexibility index (Phi) is 10.0. The van der Waals surface area contributed by atoms with Gasteiger partial charge < -0.3 is 15.8 Å². The predicted molar refractivity (Wildman–Crippen MR) is 107 cm³/mol. The zero-order chi connectivity index (χ0) is 21.0. The van der Waals surface area contributed by atoms with Crippen LogP contribution < -0.4 is 21.9 Å². The molecule has 0 aromatic heterocycles. The van der Waals surface area contributed by atoms with Crippen molar-refractivity contribution < 1.29 is 19.1 Å². The second-order valence-corrected chi connectivity index (χ2v) is 7.53. The molecule has 5 N–H and O–H groups in total. The summed E-state index contributed by atoms with van der Waals surface area (Å²) in [5.74, 6) is -0.814. The van der Waals surface area contributed by atoms with E-state index in [1.807, 2.05) is 30.3 Å². The lowest BCUT2D eigenvalue weighted by Gasteiger charge is -2.23. The van der Waals surface area contributed by atoms with Crippen LogP contribution in [0, 0.1) is 0 Å². The minimum absolute atomic E-state index is 0.262. The molecule has 8 nitrogen and oxygen atoms in total. The molecule has 3 amide bonds. The first-order valence-electron chi connectivity index (χ1n) is 9.53. The molecule has 0 aliphatic rings. The second-order valence-electron chi connectivity index (χ2n) is 7.53. The van der Waals surface area contributed by atoms with Gasteiger partial charge in [-0.05, 0) is 45.7 Å². The summed E-state index contributed by atoms with van der Waals surface area (Å²) in [5, 5.41) is 2.57. The Morgan fingerprint density at radius 3 is 2.32 bits per heavy atom. The number of hydrogen-bond donors (Lipinski definition) is 4. The molecule has 0 spiro atoms. The molecular weight excluding hydrogens is 360 g/mol. The summed E-state index contributed by atoms with van der Waals surface area (Å²) in [7, 11) is 0. The van der Waals surface area contributed by atoms with E-state index >= 15 is 0 Å². The number of amides is 3. The van der Waals surface area contributed by atoms with Gasteiger partial charge in [0.2, 0.25) is 5.91 Å². The molecule has 8 heteroatoms. The van der Waals surface area contributed by atoms with Crippen LogP contribution in [0.25, 0.3) is 0 Å². The topological polar surface area (TPSA) is 123 Å². The van der Waals surface area contributed by atoms with Gasteiger partial charge >= 0.3 is 6.09 Å². The van der Waals surface area contributed by atoms with Crippen LogP contribution in [0.1, 0.15) is 52.0 Å². The second kappa shape index (κ2) is 12.0. The number of rotatable bonds is 9. The van der Waals surface area contributed by atoms with Crippen LogP contribution in [0.15, 0.2) is 30.3 Å². The molecular formula is C20H32N4O4. The molecule has 0 saturated heterocycles. The Hall–Kier alpha value is -2.61. The highest BCUT2D eigenvalue weighted by atomic mass is 16.6. The third-order valence-corrected chi connectivity index (χ3v) is 3.72. The molecule has 0 aliphatic heterocycles. The molecule has 0 fully saturated rings. The van der Waals surface area contributed by atoms with Crippen molar-refractivity contribution in [1.82, 2.24) is 16.2 Å². The van der Waals surface area contributed by atoms with E-state index in [1.54, 1.807) is 20.8 Å². The number of nitrogens with one attached hydrogen (secondary N) is 3. The van der Waals surface area contributed by atoms with Crippen LogP contribution >= 0.6 is 0 Å². The van der Waals surface area contributed by atoms with Gasteiger partial charge in [-0.1, -0.05) is 36.8 Å². The summed E-state index contributed by atoms with van der Waals surface area (Å²) in [5.41, 5.74) is 10.4. The molecule has 1 aromatic carbocycles. The van der Waals surface area contributed by atoms with Gasteiger partial charge in [0, 0.05) is 12.8 Å². The van der Waals surface area contributed by atoms with Gasteiger partial charge in [0.15, 0.2) is 0 Å². The first-order chi connectivity index (χ1) is 13.2. The molecule has 0 heterocycles. The first kappa shape index (κ1) is 23.4. The van der Waals surface area contributed by atoms with Crippen LogP contribution in [0.4, 0.5) is 4.79 Å². The molecule has 1 rings (SSSR count). The number of unbranched alkanes of at least 4 members (excludes halogenated alkanes) is 2. The van der Waals surface area contributed by atoms with Gasteiger partial charge in [0.05, 0.1) is 0 Å².